The van der Waals surface area contributed by atoms with E-state index in [-0.39, 0.29) is 6.61 Å². The summed E-state index contributed by atoms with van der Waals surface area (Å²) in [6, 6.07) is 0. The number of hydrogen-bond donors (Lipinski definition) is 0. The summed E-state index contributed by atoms with van der Waals surface area (Å²) in [4.78, 5) is 0. The molecule has 0 aromatic carbocycles. The second-order valence-electron chi connectivity index (χ2n) is 7.92. The molecule has 0 aliphatic rings. The zero-order chi connectivity index (χ0) is 19.5. The van der Waals surface area contributed by atoms with Crippen molar-refractivity contribution in [3.8, 4) is 0 Å². The number of hydrogen-bond acceptors (Lipinski definition) is 4. The molecule has 0 atom stereocenters. The Balaban J connectivity index is 3.05. The highest BCUT2D eigenvalue weighted by Gasteiger charge is 2.00. The molecular weight excluding hydrogens is 348 g/mol. The summed E-state index contributed by atoms with van der Waals surface area (Å²) >= 11 is 0. The summed E-state index contributed by atoms with van der Waals surface area (Å²) in [5, 5.41) is 0. The highest BCUT2D eigenvalue weighted by molar-refractivity contribution is 7.85. The molecule has 0 rings (SSSR count). The minimum Gasteiger partial charge on any atom is -0.381 e. The van der Waals surface area contributed by atoms with Crippen molar-refractivity contribution < 1.29 is 17.3 Å². The lowest BCUT2D eigenvalue weighted by molar-refractivity contribution is 0.116. The van der Waals surface area contributed by atoms with Crippen molar-refractivity contribution in [1.29, 1.82) is 0 Å². The molecule has 0 N–H and O–H groups in total. The van der Waals surface area contributed by atoms with E-state index in [4.69, 9.17) is 4.74 Å². The first kappa shape index (κ1) is 25.9. The SMILES string of the molecule is CC(C)CCCCCCCCCCCCCCOCCCOS(C)(=O)=O. The molecule has 5 heteroatoms. The van der Waals surface area contributed by atoms with E-state index < -0.39 is 10.1 Å². The summed E-state index contributed by atoms with van der Waals surface area (Å²) in [5.74, 6) is 0.864. The normalized spacial score (nSPS) is 12.2. The Morgan fingerprint density at radius 1 is 0.615 bits per heavy atom. The quantitative estimate of drug-likeness (QED) is 0.186. The molecule has 0 aromatic rings. The van der Waals surface area contributed by atoms with Crippen molar-refractivity contribution >= 4 is 10.1 Å². The zero-order valence-electron chi connectivity index (χ0n) is 17.6. The van der Waals surface area contributed by atoms with Crippen LogP contribution in [0.1, 0.15) is 104 Å². The average molecular weight is 393 g/mol. The van der Waals surface area contributed by atoms with E-state index in [9.17, 15) is 8.42 Å². The Labute approximate surface area is 163 Å². The Kier molecular flexibility index (Phi) is 18.2. The Bertz CT molecular complexity index is 379. The van der Waals surface area contributed by atoms with Crippen molar-refractivity contribution in [3.05, 3.63) is 0 Å². The molecule has 4 nitrogen and oxygen atoms in total. The van der Waals surface area contributed by atoms with E-state index >= 15 is 0 Å². The fourth-order valence-corrected chi connectivity index (χ4v) is 3.42. The topological polar surface area (TPSA) is 52.6 Å². The first-order valence-electron chi connectivity index (χ1n) is 10.8. The van der Waals surface area contributed by atoms with E-state index in [2.05, 4.69) is 18.0 Å². The van der Waals surface area contributed by atoms with Crippen LogP contribution in [0.4, 0.5) is 0 Å². The molecule has 0 spiro atoms. The van der Waals surface area contributed by atoms with Gasteiger partial charge in [-0.05, 0) is 18.8 Å². The van der Waals surface area contributed by atoms with Gasteiger partial charge >= 0.3 is 0 Å². The molecule has 0 bridgehead atoms. The maximum absolute atomic E-state index is 10.8. The molecular formula is C21H44O4S. The van der Waals surface area contributed by atoms with Gasteiger partial charge in [-0.1, -0.05) is 90.9 Å². The van der Waals surface area contributed by atoms with Gasteiger partial charge in [-0.25, -0.2) is 0 Å². The van der Waals surface area contributed by atoms with Crippen molar-refractivity contribution in [1.82, 2.24) is 0 Å². The molecule has 0 amide bonds. The lowest BCUT2D eigenvalue weighted by Crippen LogP contribution is -2.07. The van der Waals surface area contributed by atoms with Crippen LogP contribution >= 0.6 is 0 Å². The Morgan fingerprint density at radius 2 is 1.04 bits per heavy atom. The van der Waals surface area contributed by atoms with Gasteiger partial charge in [0, 0.05) is 13.2 Å². The molecule has 158 valence electrons. The zero-order valence-corrected chi connectivity index (χ0v) is 18.5. The van der Waals surface area contributed by atoms with Crippen LogP contribution in [0.5, 0.6) is 0 Å². The second-order valence-corrected chi connectivity index (χ2v) is 9.56. The number of ether oxygens (including phenoxy) is 1. The third-order valence-corrected chi connectivity index (χ3v) is 5.15. The van der Waals surface area contributed by atoms with Gasteiger partial charge in [0.1, 0.15) is 0 Å². The van der Waals surface area contributed by atoms with Crippen molar-refractivity contribution in [2.24, 2.45) is 5.92 Å². The van der Waals surface area contributed by atoms with Gasteiger partial charge in [0.05, 0.1) is 12.9 Å². The van der Waals surface area contributed by atoms with Crippen LogP contribution in [0.15, 0.2) is 0 Å². The highest BCUT2D eigenvalue weighted by Crippen LogP contribution is 2.14. The van der Waals surface area contributed by atoms with Gasteiger partial charge in [0.15, 0.2) is 0 Å². The molecule has 0 saturated carbocycles. The minimum absolute atomic E-state index is 0.219. The molecule has 0 saturated heterocycles. The second kappa shape index (κ2) is 18.2. The van der Waals surface area contributed by atoms with E-state index in [1.165, 1.54) is 77.0 Å². The Hall–Kier alpha value is -0.130. The van der Waals surface area contributed by atoms with Crippen LogP contribution in [0.2, 0.25) is 0 Å². The smallest absolute Gasteiger partial charge is 0.264 e. The molecule has 0 heterocycles. The van der Waals surface area contributed by atoms with Crippen molar-refractivity contribution in [2.75, 3.05) is 26.1 Å². The van der Waals surface area contributed by atoms with Gasteiger partial charge in [-0.3, -0.25) is 4.18 Å². The van der Waals surface area contributed by atoms with E-state index in [1.54, 1.807) is 0 Å². The number of unbranched alkanes of at least 4 members (excludes halogenated alkanes) is 11. The molecule has 0 aromatic heterocycles. The van der Waals surface area contributed by atoms with Crippen molar-refractivity contribution in [3.63, 3.8) is 0 Å². The fraction of sp³-hybridized carbons (Fsp3) is 1.00. The summed E-state index contributed by atoms with van der Waals surface area (Å²) in [6.45, 7) is 6.19. The lowest BCUT2D eigenvalue weighted by atomic mass is 10.0. The number of rotatable bonds is 20. The van der Waals surface area contributed by atoms with E-state index in [0.29, 0.717) is 13.0 Å². The van der Waals surface area contributed by atoms with Crippen LogP contribution in [-0.2, 0) is 19.0 Å². The van der Waals surface area contributed by atoms with Crippen LogP contribution in [0.25, 0.3) is 0 Å². The molecule has 26 heavy (non-hydrogen) atoms. The van der Waals surface area contributed by atoms with Crippen LogP contribution in [0, 0.1) is 5.92 Å². The van der Waals surface area contributed by atoms with Crippen LogP contribution in [-0.4, -0.2) is 34.5 Å². The highest BCUT2D eigenvalue weighted by atomic mass is 32.2. The van der Waals surface area contributed by atoms with Gasteiger partial charge in [-0.15, -0.1) is 0 Å². The summed E-state index contributed by atoms with van der Waals surface area (Å²) < 4.78 is 31.7. The van der Waals surface area contributed by atoms with Gasteiger partial charge in [-0.2, -0.15) is 8.42 Å². The summed E-state index contributed by atoms with van der Waals surface area (Å²) in [5.41, 5.74) is 0. The molecule has 0 unspecified atom stereocenters. The maximum Gasteiger partial charge on any atom is 0.264 e. The van der Waals surface area contributed by atoms with Crippen LogP contribution in [0.3, 0.4) is 0 Å². The van der Waals surface area contributed by atoms with Crippen molar-refractivity contribution in [2.45, 2.75) is 104 Å². The third kappa shape index (κ3) is 23.9. The average Bonchev–Trinajstić information content (AvgIpc) is 2.55. The standard InChI is InChI=1S/C21H44O4S/c1-21(2)17-14-12-10-8-6-4-5-7-9-11-13-15-18-24-19-16-20-25-26(3,22)23/h21H,4-20H2,1-3H3. The predicted octanol–water partition coefficient (Wildman–Crippen LogP) is 6.10. The summed E-state index contributed by atoms with van der Waals surface area (Å²) in [7, 11) is -3.30. The van der Waals surface area contributed by atoms with Gasteiger partial charge < -0.3 is 4.74 Å². The molecule has 0 fully saturated rings. The predicted molar refractivity (Wildman–Crippen MR) is 111 cm³/mol. The lowest BCUT2D eigenvalue weighted by Gasteiger charge is -2.05. The monoisotopic (exact) mass is 392 g/mol. The Morgan fingerprint density at radius 3 is 1.50 bits per heavy atom. The molecule has 0 aliphatic carbocycles. The largest absolute Gasteiger partial charge is 0.381 e. The first-order valence-corrected chi connectivity index (χ1v) is 12.7. The van der Waals surface area contributed by atoms with Crippen LogP contribution < -0.4 is 0 Å². The maximum atomic E-state index is 10.8. The summed E-state index contributed by atoms with van der Waals surface area (Å²) in [6.07, 6.45) is 19.3. The van der Waals surface area contributed by atoms with E-state index in [0.717, 1.165) is 25.2 Å². The molecule has 0 aliphatic heterocycles. The van der Waals surface area contributed by atoms with Gasteiger partial charge in [0.2, 0.25) is 0 Å². The van der Waals surface area contributed by atoms with Gasteiger partial charge in [0.25, 0.3) is 10.1 Å². The molecule has 0 radical (unpaired) electrons. The fourth-order valence-electron chi connectivity index (χ4n) is 3.00. The third-order valence-electron chi connectivity index (χ3n) is 4.55. The first-order chi connectivity index (χ1) is 12.4. The minimum atomic E-state index is -3.30. The van der Waals surface area contributed by atoms with E-state index in [1.807, 2.05) is 0 Å².